The standard InChI is InChI=1S/C10H5Br2ClO/c11-7-4-6(13)5-8(12)10(7)9-2-1-3-14-9/h1-5H. The number of benzene rings is 1. The molecule has 1 nitrogen and oxygen atoms in total. The van der Waals surface area contributed by atoms with Gasteiger partial charge in [-0.05, 0) is 56.1 Å². The Morgan fingerprint density at radius 2 is 1.79 bits per heavy atom. The normalized spacial score (nSPS) is 10.5. The smallest absolute Gasteiger partial charge is 0.136 e. The number of rotatable bonds is 1. The lowest BCUT2D eigenvalue weighted by atomic mass is 10.2. The van der Waals surface area contributed by atoms with E-state index in [4.69, 9.17) is 16.0 Å². The van der Waals surface area contributed by atoms with Crippen LogP contribution in [0.4, 0.5) is 0 Å². The highest BCUT2D eigenvalue weighted by Gasteiger charge is 2.11. The van der Waals surface area contributed by atoms with Gasteiger partial charge in [0, 0.05) is 19.5 Å². The van der Waals surface area contributed by atoms with Crippen molar-refractivity contribution >= 4 is 43.5 Å². The topological polar surface area (TPSA) is 13.1 Å². The average Bonchev–Trinajstić information content (AvgIpc) is 2.54. The molecule has 1 aromatic carbocycles. The molecule has 0 fully saturated rings. The van der Waals surface area contributed by atoms with Crippen LogP contribution in [0, 0.1) is 0 Å². The molecule has 4 heteroatoms. The molecule has 1 aromatic heterocycles. The summed E-state index contributed by atoms with van der Waals surface area (Å²) in [6.07, 6.45) is 1.64. The van der Waals surface area contributed by atoms with Crippen LogP contribution in [0.15, 0.2) is 43.9 Å². The molecule has 0 saturated heterocycles. The molecule has 0 aliphatic rings. The molecule has 0 spiro atoms. The van der Waals surface area contributed by atoms with Gasteiger partial charge < -0.3 is 4.42 Å². The predicted octanol–water partition coefficient (Wildman–Crippen LogP) is 5.13. The second-order valence-corrected chi connectivity index (χ2v) is 4.87. The van der Waals surface area contributed by atoms with Crippen LogP contribution in [-0.2, 0) is 0 Å². The average molecular weight is 336 g/mol. The molecular formula is C10H5Br2ClO. The lowest BCUT2D eigenvalue weighted by Crippen LogP contribution is -1.80. The highest BCUT2D eigenvalue weighted by molar-refractivity contribution is 9.11. The van der Waals surface area contributed by atoms with Crippen molar-refractivity contribution in [1.82, 2.24) is 0 Å². The van der Waals surface area contributed by atoms with Crippen molar-refractivity contribution in [2.75, 3.05) is 0 Å². The van der Waals surface area contributed by atoms with Gasteiger partial charge in [-0.25, -0.2) is 0 Å². The molecule has 0 bridgehead atoms. The minimum Gasteiger partial charge on any atom is -0.464 e. The number of hydrogen-bond acceptors (Lipinski definition) is 1. The van der Waals surface area contributed by atoms with Crippen LogP contribution in [0.2, 0.25) is 5.02 Å². The molecule has 0 amide bonds. The summed E-state index contributed by atoms with van der Waals surface area (Å²) in [5.74, 6) is 0.806. The first kappa shape index (κ1) is 10.3. The molecule has 1 heterocycles. The van der Waals surface area contributed by atoms with Gasteiger partial charge in [-0.1, -0.05) is 11.6 Å². The molecule has 2 rings (SSSR count). The second-order valence-electron chi connectivity index (χ2n) is 2.72. The van der Waals surface area contributed by atoms with Crippen molar-refractivity contribution in [3.63, 3.8) is 0 Å². The van der Waals surface area contributed by atoms with E-state index >= 15 is 0 Å². The van der Waals surface area contributed by atoms with Crippen molar-refractivity contribution in [1.29, 1.82) is 0 Å². The Morgan fingerprint density at radius 1 is 1.14 bits per heavy atom. The third-order valence-electron chi connectivity index (χ3n) is 1.77. The van der Waals surface area contributed by atoms with Gasteiger partial charge in [0.25, 0.3) is 0 Å². The molecule has 0 aliphatic heterocycles. The lowest BCUT2D eigenvalue weighted by molar-refractivity contribution is 0.581. The summed E-state index contributed by atoms with van der Waals surface area (Å²) in [7, 11) is 0. The summed E-state index contributed by atoms with van der Waals surface area (Å²) in [5.41, 5.74) is 0.972. The molecule has 2 aromatic rings. The van der Waals surface area contributed by atoms with Gasteiger partial charge in [0.05, 0.1) is 6.26 Å². The molecule has 0 aliphatic carbocycles. The summed E-state index contributed by atoms with van der Waals surface area (Å²) in [6, 6.07) is 7.43. The number of hydrogen-bond donors (Lipinski definition) is 0. The molecule has 72 valence electrons. The first-order valence-electron chi connectivity index (χ1n) is 3.87. The van der Waals surface area contributed by atoms with Crippen LogP contribution >= 0.6 is 43.5 Å². The van der Waals surface area contributed by atoms with E-state index in [2.05, 4.69) is 31.9 Å². The Labute approximate surface area is 103 Å². The Morgan fingerprint density at radius 3 is 2.29 bits per heavy atom. The van der Waals surface area contributed by atoms with Gasteiger partial charge in [-0.3, -0.25) is 0 Å². The molecule has 0 saturated carbocycles. The zero-order chi connectivity index (χ0) is 10.1. The summed E-state index contributed by atoms with van der Waals surface area (Å²) in [5, 5.41) is 0.680. The van der Waals surface area contributed by atoms with E-state index in [1.807, 2.05) is 24.3 Å². The zero-order valence-corrected chi connectivity index (χ0v) is 10.9. The first-order valence-corrected chi connectivity index (χ1v) is 5.83. The Balaban J connectivity index is 2.64. The third-order valence-corrected chi connectivity index (χ3v) is 3.24. The first-order chi connectivity index (χ1) is 6.68. The van der Waals surface area contributed by atoms with Crippen LogP contribution in [0.3, 0.4) is 0 Å². The van der Waals surface area contributed by atoms with E-state index in [1.165, 1.54) is 0 Å². The minimum absolute atomic E-state index is 0.680. The lowest BCUT2D eigenvalue weighted by Gasteiger charge is -2.04. The summed E-state index contributed by atoms with van der Waals surface area (Å²) >= 11 is 12.8. The predicted molar refractivity (Wildman–Crippen MR) is 64.6 cm³/mol. The fraction of sp³-hybridized carbons (Fsp3) is 0. The maximum atomic E-state index is 5.89. The molecule has 0 N–H and O–H groups in total. The monoisotopic (exact) mass is 334 g/mol. The molecular weight excluding hydrogens is 331 g/mol. The quantitative estimate of drug-likeness (QED) is 0.704. The zero-order valence-electron chi connectivity index (χ0n) is 6.93. The Hall–Kier alpha value is -0.250. The highest BCUT2D eigenvalue weighted by atomic mass is 79.9. The highest BCUT2D eigenvalue weighted by Crippen LogP contribution is 2.37. The molecule has 0 radical (unpaired) electrons. The number of halogens is 3. The maximum Gasteiger partial charge on any atom is 0.136 e. The third kappa shape index (κ3) is 1.90. The number of furan rings is 1. The second kappa shape index (κ2) is 4.09. The van der Waals surface area contributed by atoms with E-state index in [1.54, 1.807) is 6.26 Å². The summed E-state index contributed by atoms with van der Waals surface area (Å²) in [4.78, 5) is 0. The van der Waals surface area contributed by atoms with Crippen molar-refractivity contribution in [2.24, 2.45) is 0 Å². The van der Waals surface area contributed by atoms with Crippen LogP contribution in [-0.4, -0.2) is 0 Å². The molecule has 14 heavy (non-hydrogen) atoms. The Bertz CT molecular complexity index is 428. The van der Waals surface area contributed by atoms with Crippen molar-refractivity contribution in [2.45, 2.75) is 0 Å². The van der Waals surface area contributed by atoms with E-state index in [0.29, 0.717) is 5.02 Å². The SMILES string of the molecule is Clc1cc(Br)c(-c2ccco2)c(Br)c1. The van der Waals surface area contributed by atoms with E-state index in [9.17, 15) is 0 Å². The minimum atomic E-state index is 0.680. The Kier molecular flexibility index (Phi) is 3.00. The van der Waals surface area contributed by atoms with Gasteiger partial charge in [0.1, 0.15) is 5.76 Å². The maximum absolute atomic E-state index is 5.89. The van der Waals surface area contributed by atoms with Gasteiger partial charge in [-0.15, -0.1) is 0 Å². The van der Waals surface area contributed by atoms with Gasteiger partial charge in [0.2, 0.25) is 0 Å². The van der Waals surface area contributed by atoms with Gasteiger partial charge in [0.15, 0.2) is 0 Å². The molecule has 0 atom stereocenters. The van der Waals surface area contributed by atoms with Gasteiger partial charge >= 0.3 is 0 Å². The van der Waals surface area contributed by atoms with Crippen LogP contribution < -0.4 is 0 Å². The van der Waals surface area contributed by atoms with Crippen LogP contribution in [0.1, 0.15) is 0 Å². The summed E-state index contributed by atoms with van der Waals surface area (Å²) in [6.45, 7) is 0. The van der Waals surface area contributed by atoms with Crippen molar-refractivity contribution in [3.05, 3.63) is 44.5 Å². The largest absolute Gasteiger partial charge is 0.464 e. The van der Waals surface area contributed by atoms with Crippen LogP contribution in [0.5, 0.6) is 0 Å². The summed E-state index contributed by atoms with van der Waals surface area (Å²) < 4.78 is 7.14. The van der Waals surface area contributed by atoms with Crippen molar-refractivity contribution < 1.29 is 4.42 Å². The fourth-order valence-corrected chi connectivity index (χ4v) is 3.26. The molecule has 0 unspecified atom stereocenters. The fourth-order valence-electron chi connectivity index (χ4n) is 1.20. The van der Waals surface area contributed by atoms with E-state index < -0.39 is 0 Å². The van der Waals surface area contributed by atoms with E-state index in [-0.39, 0.29) is 0 Å². The van der Waals surface area contributed by atoms with Crippen LogP contribution in [0.25, 0.3) is 11.3 Å². The van der Waals surface area contributed by atoms with E-state index in [0.717, 1.165) is 20.3 Å². The van der Waals surface area contributed by atoms with Crippen molar-refractivity contribution in [3.8, 4) is 11.3 Å². The van der Waals surface area contributed by atoms with Gasteiger partial charge in [-0.2, -0.15) is 0 Å².